The van der Waals surface area contributed by atoms with Crippen LogP contribution < -0.4 is 0 Å². The molecule has 3 aromatic carbocycles. The molecule has 1 unspecified atom stereocenters. The van der Waals surface area contributed by atoms with E-state index in [1.807, 2.05) is 11.8 Å². The Morgan fingerprint density at radius 3 is 2.50 bits per heavy atom. The van der Waals surface area contributed by atoms with Gasteiger partial charge in [-0.1, -0.05) is 49.4 Å². The van der Waals surface area contributed by atoms with Gasteiger partial charge in [-0.25, -0.2) is 0 Å². The van der Waals surface area contributed by atoms with Crippen molar-refractivity contribution < 1.29 is 0 Å². The third-order valence-corrected chi connectivity index (χ3v) is 5.81. The van der Waals surface area contributed by atoms with Gasteiger partial charge in [0.15, 0.2) is 0 Å². The summed E-state index contributed by atoms with van der Waals surface area (Å²) in [5.41, 5.74) is 7.20. The van der Waals surface area contributed by atoms with Crippen molar-refractivity contribution in [3.63, 3.8) is 0 Å². The van der Waals surface area contributed by atoms with Crippen molar-refractivity contribution in [2.45, 2.75) is 23.5 Å². The SMILES string of the molecule is CC1Cc2cc3c4c(cccc4c2S1)-c1ccccc1-3. The van der Waals surface area contributed by atoms with Crippen molar-refractivity contribution in [2.75, 3.05) is 0 Å². The van der Waals surface area contributed by atoms with Gasteiger partial charge in [0, 0.05) is 10.1 Å². The smallest absolute Gasteiger partial charge is 0.0186 e. The maximum absolute atomic E-state index is 2.45. The number of hydrogen-bond acceptors (Lipinski definition) is 1. The zero-order valence-corrected chi connectivity index (χ0v) is 12.1. The molecule has 0 radical (unpaired) electrons. The predicted molar refractivity (Wildman–Crippen MR) is 87.4 cm³/mol. The fourth-order valence-electron chi connectivity index (χ4n) is 3.75. The van der Waals surface area contributed by atoms with E-state index in [2.05, 4.69) is 55.5 Å². The first-order valence-corrected chi connectivity index (χ1v) is 8.06. The van der Waals surface area contributed by atoms with Crippen LogP contribution >= 0.6 is 11.8 Å². The minimum absolute atomic E-state index is 0.710. The highest BCUT2D eigenvalue weighted by Gasteiger charge is 2.27. The van der Waals surface area contributed by atoms with Gasteiger partial charge >= 0.3 is 0 Å². The summed E-state index contributed by atoms with van der Waals surface area (Å²) < 4.78 is 0. The van der Waals surface area contributed by atoms with Gasteiger partial charge in [0.25, 0.3) is 0 Å². The minimum atomic E-state index is 0.710. The molecule has 0 bridgehead atoms. The van der Waals surface area contributed by atoms with Crippen molar-refractivity contribution in [3.05, 3.63) is 54.1 Å². The Balaban J connectivity index is 1.98. The third kappa shape index (κ3) is 1.24. The van der Waals surface area contributed by atoms with E-state index in [1.165, 1.54) is 44.3 Å². The molecular weight excluding hydrogens is 260 g/mol. The number of rotatable bonds is 0. The van der Waals surface area contributed by atoms with Crippen LogP contribution in [0.2, 0.25) is 0 Å². The largest absolute Gasteiger partial charge is 0.122 e. The molecule has 1 heteroatoms. The highest BCUT2D eigenvalue weighted by atomic mass is 32.2. The summed E-state index contributed by atoms with van der Waals surface area (Å²) in [5, 5.41) is 3.64. The molecule has 0 fully saturated rings. The maximum Gasteiger partial charge on any atom is 0.0186 e. The standard InChI is InChI=1S/C19H14S/c1-11-9-12-10-17-14-6-3-2-5-13(14)15-7-4-8-16(18(15)17)19(12)20-11/h2-8,10-11H,9H2,1H3. The Hall–Kier alpha value is -1.73. The molecule has 3 aromatic rings. The van der Waals surface area contributed by atoms with Crippen molar-refractivity contribution >= 4 is 22.5 Å². The van der Waals surface area contributed by atoms with Crippen LogP contribution in [0.1, 0.15) is 12.5 Å². The molecule has 0 aromatic heterocycles. The summed E-state index contributed by atoms with van der Waals surface area (Å²) in [5.74, 6) is 0. The first-order valence-electron chi connectivity index (χ1n) is 7.18. The van der Waals surface area contributed by atoms with Gasteiger partial charge in [-0.05, 0) is 51.1 Å². The summed E-state index contributed by atoms with van der Waals surface area (Å²) in [6, 6.07) is 18.1. The lowest BCUT2D eigenvalue weighted by atomic mass is 9.98. The second kappa shape index (κ2) is 3.67. The molecule has 1 atom stereocenters. The van der Waals surface area contributed by atoms with E-state index >= 15 is 0 Å². The lowest BCUT2D eigenvalue weighted by Crippen LogP contribution is -1.91. The third-order valence-electron chi connectivity index (χ3n) is 4.52. The summed E-state index contributed by atoms with van der Waals surface area (Å²) in [6.45, 7) is 2.33. The van der Waals surface area contributed by atoms with Crippen LogP contribution in [0.3, 0.4) is 0 Å². The number of fused-ring (bicyclic) bond motifs is 5. The summed E-state index contributed by atoms with van der Waals surface area (Å²) in [7, 11) is 0. The molecule has 96 valence electrons. The Labute approximate surface area is 122 Å². The Morgan fingerprint density at radius 2 is 1.65 bits per heavy atom. The molecule has 5 rings (SSSR count). The minimum Gasteiger partial charge on any atom is -0.122 e. The quantitative estimate of drug-likeness (QED) is 0.406. The lowest BCUT2D eigenvalue weighted by molar-refractivity contribution is 0.963. The Bertz CT molecular complexity index is 876. The first kappa shape index (κ1) is 11.0. The number of hydrogen-bond donors (Lipinski definition) is 0. The van der Waals surface area contributed by atoms with Crippen LogP contribution in [0.4, 0.5) is 0 Å². The van der Waals surface area contributed by atoms with E-state index < -0.39 is 0 Å². The van der Waals surface area contributed by atoms with Crippen molar-refractivity contribution in [1.82, 2.24) is 0 Å². The topological polar surface area (TPSA) is 0 Å². The second-order valence-corrected chi connectivity index (χ2v) is 7.27. The molecular formula is C19H14S. The van der Waals surface area contributed by atoms with Crippen molar-refractivity contribution in [1.29, 1.82) is 0 Å². The molecule has 0 saturated carbocycles. The van der Waals surface area contributed by atoms with Gasteiger partial charge in [-0.2, -0.15) is 0 Å². The van der Waals surface area contributed by atoms with Crippen LogP contribution in [-0.2, 0) is 6.42 Å². The van der Waals surface area contributed by atoms with E-state index in [9.17, 15) is 0 Å². The van der Waals surface area contributed by atoms with Gasteiger partial charge < -0.3 is 0 Å². The lowest BCUT2D eigenvalue weighted by Gasteiger charge is -2.08. The van der Waals surface area contributed by atoms with Crippen molar-refractivity contribution in [3.8, 4) is 22.3 Å². The molecule has 0 N–H and O–H groups in total. The van der Waals surface area contributed by atoms with E-state index in [-0.39, 0.29) is 0 Å². The summed E-state index contributed by atoms with van der Waals surface area (Å²) in [6.07, 6.45) is 1.20. The zero-order chi connectivity index (χ0) is 13.3. The van der Waals surface area contributed by atoms with Crippen LogP contribution in [0.25, 0.3) is 33.0 Å². The number of benzene rings is 3. The Morgan fingerprint density at radius 1 is 0.900 bits per heavy atom. The molecule has 20 heavy (non-hydrogen) atoms. The molecule has 0 saturated heterocycles. The van der Waals surface area contributed by atoms with Crippen LogP contribution in [0.15, 0.2) is 53.4 Å². The van der Waals surface area contributed by atoms with Crippen LogP contribution in [-0.4, -0.2) is 5.25 Å². The highest BCUT2D eigenvalue weighted by molar-refractivity contribution is 8.00. The number of thioether (sulfide) groups is 1. The Kier molecular flexibility index (Phi) is 2.02. The van der Waals surface area contributed by atoms with E-state index in [0.717, 1.165) is 0 Å². The van der Waals surface area contributed by atoms with Gasteiger partial charge in [0.2, 0.25) is 0 Å². The predicted octanol–water partition coefficient (Wildman–Crippen LogP) is 5.52. The van der Waals surface area contributed by atoms with Gasteiger partial charge in [0.1, 0.15) is 0 Å². The normalized spacial score (nSPS) is 18.4. The van der Waals surface area contributed by atoms with Gasteiger partial charge in [-0.15, -0.1) is 11.8 Å². The second-order valence-electron chi connectivity index (χ2n) is 5.82. The van der Waals surface area contributed by atoms with Gasteiger partial charge in [0.05, 0.1) is 0 Å². The zero-order valence-electron chi connectivity index (χ0n) is 11.3. The average Bonchev–Trinajstić information content (AvgIpc) is 3.00. The fourth-order valence-corrected chi connectivity index (χ4v) is 5.01. The average molecular weight is 274 g/mol. The van der Waals surface area contributed by atoms with E-state index in [0.29, 0.717) is 5.25 Å². The maximum atomic E-state index is 2.45. The monoisotopic (exact) mass is 274 g/mol. The van der Waals surface area contributed by atoms with E-state index in [1.54, 1.807) is 5.56 Å². The summed E-state index contributed by atoms with van der Waals surface area (Å²) in [4.78, 5) is 1.52. The summed E-state index contributed by atoms with van der Waals surface area (Å²) >= 11 is 2.04. The molecule has 1 heterocycles. The molecule has 0 nitrogen and oxygen atoms in total. The van der Waals surface area contributed by atoms with Crippen LogP contribution in [0.5, 0.6) is 0 Å². The molecule has 1 aliphatic heterocycles. The van der Waals surface area contributed by atoms with Crippen LogP contribution in [0, 0.1) is 0 Å². The first-order chi connectivity index (χ1) is 9.83. The molecule has 0 spiro atoms. The fraction of sp³-hybridized carbons (Fsp3) is 0.158. The molecule has 0 amide bonds. The molecule has 1 aliphatic carbocycles. The van der Waals surface area contributed by atoms with E-state index in [4.69, 9.17) is 0 Å². The van der Waals surface area contributed by atoms with Gasteiger partial charge in [-0.3, -0.25) is 0 Å². The van der Waals surface area contributed by atoms with Crippen molar-refractivity contribution in [2.24, 2.45) is 0 Å². The highest BCUT2D eigenvalue weighted by Crippen LogP contribution is 2.52. The molecule has 2 aliphatic rings.